The second-order valence-corrected chi connectivity index (χ2v) is 15.7. The van der Waals surface area contributed by atoms with Gasteiger partial charge in [-0.15, -0.1) is 0 Å². The topological polar surface area (TPSA) is 80.7 Å². The van der Waals surface area contributed by atoms with Crippen LogP contribution in [0, 0.1) is 0 Å². The smallest absolute Gasteiger partial charge is 0.226 e. The van der Waals surface area contributed by atoms with Gasteiger partial charge in [0.25, 0.3) is 0 Å². The number of hydrogen-bond acceptors (Lipinski definition) is 5. The summed E-state index contributed by atoms with van der Waals surface area (Å²) in [4.78, 5) is 17.8. The number of H-pyrrole nitrogens is 1. The van der Waals surface area contributed by atoms with Crippen LogP contribution in [-0.2, 0) is 0 Å². The molecule has 13 rings (SSSR count). The molecule has 280 valence electrons. The van der Waals surface area contributed by atoms with Gasteiger partial charge in [-0.1, -0.05) is 121 Å². The molecule has 0 radical (unpaired) electrons. The molecule has 0 saturated heterocycles. The Hall–Kier alpha value is -7.80. The largest absolute Gasteiger partial charge is 0.456 e. The number of furan rings is 2. The van der Waals surface area contributed by atoms with Crippen LogP contribution in [0.4, 0.5) is 0 Å². The molecular weight excluding hydrogens is 760 g/mol. The standard InChI is InChI=1S/C53H29ClN4O2/c54-53-57-51(56-52(58-53)34-20-23-38-37-15-5-6-18-44(37)59-45(38)28-34)33-12-7-11-30(25-33)31-19-22-39-42-26-32-10-2-4-14-36(32)48(50(42)60-46(39)27-31)41-17-8-16-40-47-35-13-3-1-9-29(35)21-24-43(47)55-49(40)41/h1-28,55H. The van der Waals surface area contributed by atoms with Crippen LogP contribution in [0.3, 0.4) is 0 Å². The Morgan fingerprint density at radius 3 is 1.93 bits per heavy atom. The minimum absolute atomic E-state index is 0.119. The van der Waals surface area contributed by atoms with Gasteiger partial charge in [-0.3, -0.25) is 0 Å². The highest BCUT2D eigenvalue weighted by Gasteiger charge is 2.21. The normalized spacial score (nSPS) is 12.1. The van der Waals surface area contributed by atoms with Crippen LogP contribution >= 0.6 is 11.6 Å². The fourth-order valence-corrected chi connectivity index (χ4v) is 9.40. The molecule has 0 atom stereocenters. The Kier molecular flexibility index (Phi) is 6.97. The lowest BCUT2D eigenvalue weighted by molar-refractivity contribution is 0.669. The summed E-state index contributed by atoms with van der Waals surface area (Å²) in [6.45, 7) is 0. The van der Waals surface area contributed by atoms with Crippen LogP contribution in [0.5, 0.6) is 0 Å². The summed E-state index contributed by atoms with van der Waals surface area (Å²) in [6.07, 6.45) is 0. The van der Waals surface area contributed by atoms with Gasteiger partial charge in [0.1, 0.15) is 22.3 Å². The number of rotatable bonds is 4. The fraction of sp³-hybridized carbons (Fsp3) is 0. The quantitative estimate of drug-likeness (QED) is 0.192. The van der Waals surface area contributed by atoms with Crippen molar-refractivity contribution in [2.24, 2.45) is 0 Å². The third-order valence-electron chi connectivity index (χ3n) is 12.0. The Morgan fingerprint density at radius 2 is 1.05 bits per heavy atom. The molecule has 4 aromatic heterocycles. The van der Waals surface area contributed by atoms with Crippen molar-refractivity contribution < 1.29 is 8.83 Å². The summed E-state index contributed by atoms with van der Waals surface area (Å²) in [5, 5.41) is 11.5. The first kappa shape index (κ1) is 33.2. The predicted molar refractivity (Wildman–Crippen MR) is 246 cm³/mol. The average Bonchev–Trinajstić information content (AvgIpc) is 3.99. The van der Waals surface area contributed by atoms with Crippen LogP contribution in [0.15, 0.2) is 179 Å². The van der Waals surface area contributed by atoms with Crippen LogP contribution in [0.2, 0.25) is 5.28 Å². The zero-order chi connectivity index (χ0) is 39.5. The summed E-state index contributed by atoms with van der Waals surface area (Å²) >= 11 is 6.56. The lowest BCUT2D eigenvalue weighted by Crippen LogP contribution is -1.97. The van der Waals surface area contributed by atoms with E-state index in [4.69, 9.17) is 25.4 Å². The van der Waals surface area contributed by atoms with Crippen molar-refractivity contribution in [2.45, 2.75) is 0 Å². The minimum Gasteiger partial charge on any atom is -0.456 e. The summed E-state index contributed by atoms with van der Waals surface area (Å²) in [6, 6.07) is 59.1. The molecule has 6 nitrogen and oxygen atoms in total. The second-order valence-electron chi connectivity index (χ2n) is 15.4. The monoisotopic (exact) mass is 788 g/mol. The van der Waals surface area contributed by atoms with Gasteiger partial charge in [0.05, 0.1) is 5.52 Å². The van der Waals surface area contributed by atoms with Crippen LogP contribution in [-0.4, -0.2) is 19.9 Å². The Bertz CT molecular complexity index is 3930. The molecule has 0 amide bonds. The first-order valence-electron chi connectivity index (χ1n) is 19.9. The molecule has 0 spiro atoms. The zero-order valence-corrected chi connectivity index (χ0v) is 32.5. The van der Waals surface area contributed by atoms with Crippen LogP contribution in [0.1, 0.15) is 0 Å². The van der Waals surface area contributed by atoms with Gasteiger partial charge in [0, 0.05) is 60.1 Å². The van der Waals surface area contributed by atoms with E-state index in [1.54, 1.807) is 0 Å². The SMILES string of the molecule is Clc1nc(-c2cccc(-c3ccc4c(c3)oc3c(-c5cccc6c5[nH]c5ccc7ccccc7c56)c5ccccc5cc34)c2)nc(-c2ccc3c(c2)oc2ccccc23)n1. The number of aromatic nitrogens is 4. The summed E-state index contributed by atoms with van der Waals surface area (Å²) < 4.78 is 13.1. The molecule has 1 N–H and O–H groups in total. The molecule has 9 aromatic carbocycles. The molecule has 7 heteroatoms. The van der Waals surface area contributed by atoms with Crippen LogP contribution in [0.25, 0.3) is 132 Å². The first-order chi connectivity index (χ1) is 29.6. The van der Waals surface area contributed by atoms with E-state index >= 15 is 0 Å². The number of benzene rings is 9. The molecular formula is C53H29ClN4O2. The zero-order valence-electron chi connectivity index (χ0n) is 31.7. The van der Waals surface area contributed by atoms with Gasteiger partial charge >= 0.3 is 0 Å². The maximum Gasteiger partial charge on any atom is 0.226 e. The van der Waals surface area contributed by atoms with Crippen molar-refractivity contribution in [1.82, 2.24) is 19.9 Å². The van der Waals surface area contributed by atoms with Crippen molar-refractivity contribution in [2.75, 3.05) is 0 Å². The molecule has 0 aliphatic heterocycles. The van der Waals surface area contributed by atoms with E-state index in [-0.39, 0.29) is 5.28 Å². The number of para-hydroxylation sites is 2. The van der Waals surface area contributed by atoms with Crippen molar-refractivity contribution in [3.8, 4) is 45.0 Å². The molecule has 13 aromatic rings. The minimum atomic E-state index is 0.119. The van der Waals surface area contributed by atoms with Crippen LogP contribution < -0.4 is 0 Å². The third-order valence-corrected chi connectivity index (χ3v) is 12.1. The second kappa shape index (κ2) is 12.6. The van der Waals surface area contributed by atoms with Gasteiger partial charge < -0.3 is 13.8 Å². The highest BCUT2D eigenvalue weighted by molar-refractivity contribution is 6.28. The molecule has 0 aliphatic rings. The van der Waals surface area contributed by atoms with Crippen molar-refractivity contribution in [3.63, 3.8) is 0 Å². The Morgan fingerprint density at radius 1 is 0.417 bits per heavy atom. The van der Waals surface area contributed by atoms with E-state index in [1.165, 1.54) is 21.5 Å². The van der Waals surface area contributed by atoms with E-state index in [0.717, 1.165) is 99.1 Å². The third kappa shape index (κ3) is 4.98. The molecule has 0 fully saturated rings. The maximum absolute atomic E-state index is 6.97. The summed E-state index contributed by atoms with van der Waals surface area (Å²) in [7, 11) is 0. The van der Waals surface area contributed by atoms with E-state index in [9.17, 15) is 0 Å². The average molecular weight is 789 g/mol. The molecule has 60 heavy (non-hydrogen) atoms. The maximum atomic E-state index is 6.97. The molecule has 0 saturated carbocycles. The predicted octanol–water partition coefficient (Wildman–Crippen LogP) is 14.9. The van der Waals surface area contributed by atoms with Gasteiger partial charge in [0.2, 0.25) is 5.28 Å². The summed E-state index contributed by atoms with van der Waals surface area (Å²) in [5.74, 6) is 0.956. The van der Waals surface area contributed by atoms with Crippen molar-refractivity contribution >= 4 is 98.8 Å². The molecule has 4 heterocycles. The van der Waals surface area contributed by atoms with E-state index in [1.807, 2.05) is 48.5 Å². The molecule has 0 unspecified atom stereocenters. The lowest BCUT2D eigenvalue weighted by atomic mass is 9.93. The van der Waals surface area contributed by atoms with Gasteiger partial charge in [-0.25, -0.2) is 4.98 Å². The van der Waals surface area contributed by atoms with Gasteiger partial charge in [-0.05, 0) is 92.8 Å². The highest BCUT2D eigenvalue weighted by Crippen LogP contribution is 2.45. The molecule has 0 aliphatic carbocycles. The van der Waals surface area contributed by atoms with Gasteiger partial charge in [-0.2, -0.15) is 9.97 Å². The van der Waals surface area contributed by atoms with Crippen molar-refractivity contribution in [1.29, 1.82) is 0 Å². The Balaban J connectivity index is 0.936. The number of aromatic amines is 1. The highest BCUT2D eigenvalue weighted by atomic mass is 35.5. The number of nitrogens with one attached hydrogen (secondary N) is 1. The Labute approximate surface area is 346 Å². The van der Waals surface area contributed by atoms with Gasteiger partial charge in [0.15, 0.2) is 11.6 Å². The number of hydrogen-bond donors (Lipinski definition) is 1. The number of fused-ring (bicyclic) bond motifs is 12. The van der Waals surface area contributed by atoms with E-state index < -0.39 is 0 Å². The van der Waals surface area contributed by atoms with Crippen molar-refractivity contribution in [3.05, 3.63) is 175 Å². The fourth-order valence-electron chi connectivity index (χ4n) is 9.24. The molecule has 0 bridgehead atoms. The van der Waals surface area contributed by atoms with E-state index in [2.05, 4.69) is 136 Å². The lowest BCUT2D eigenvalue weighted by Gasteiger charge is -2.10. The number of halogens is 1. The number of nitrogens with zero attached hydrogens (tertiary/aromatic N) is 3. The summed E-state index contributed by atoms with van der Waals surface area (Å²) in [5.41, 5.74) is 11.3. The first-order valence-corrected chi connectivity index (χ1v) is 20.2. The van der Waals surface area contributed by atoms with E-state index in [0.29, 0.717) is 11.6 Å².